The normalized spacial score (nSPS) is 27.2. The molecule has 4 rings (SSSR count). The first-order valence-corrected chi connectivity index (χ1v) is 10.4. The maximum absolute atomic E-state index is 12.6. The van der Waals surface area contributed by atoms with Crippen LogP contribution in [-0.4, -0.2) is 67.4 Å². The largest absolute Gasteiger partial charge is 0.388 e. The Kier molecular flexibility index (Phi) is 5.50. The summed E-state index contributed by atoms with van der Waals surface area (Å²) in [6.45, 7) is 7.94. The fraction of sp³-hybridized carbons (Fsp3) is 0.619. The molecule has 2 fully saturated rings. The first-order chi connectivity index (χ1) is 13.9. The van der Waals surface area contributed by atoms with Crippen LogP contribution in [0.4, 0.5) is 0 Å². The predicted molar refractivity (Wildman–Crippen MR) is 108 cm³/mol. The fourth-order valence-corrected chi connectivity index (χ4v) is 4.64. The van der Waals surface area contributed by atoms with Crippen LogP contribution in [0.25, 0.3) is 0 Å². The number of likely N-dealkylation sites (tertiary alicyclic amines) is 1. The molecular formula is C21H31N5O3. The van der Waals surface area contributed by atoms with Crippen LogP contribution in [0.2, 0.25) is 0 Å². The summed E-state index contributed by atoms with van der Waals surface area (Å²) in [7, 11) is 0. The highest BCUT2D eigenvalue weighted by Crippen LogP contribution is 2.40. The van der Waals surface area contributed by atoms with Gasteiger partial charge in [-0.15, -0.1) is 0 Å². The Balaban J connectivity index is 1.39. The number of hydrogen-bond acceptors (Lipinski definition) is 5. The van der Waals surface area contributed by atoms with Crippen molar-refractivity contribution in [2.75, 3.05) is 19.7 Å². The van der Waals surface area contributed by atoms with Gasteiger partial charge in [0, 0.05) is 45.0 Å². The van der Waals surface area contributed by atoms with Crippen molar-refractivity contribution >= 4 is 5.91 Å². The highest BCUT2D eigenvalue weighted by Gasteiger charge is 2.50. The summed E-state index contributed by atoms with van der Waals surface area (Å²) in [5.41, 5.74) is 0.704. The molecule has 2 aromatic heterocycles. The second-order valence-corrected chi connectivity index (χ2v) is 8.59. The maximum Gasteiger partial charge on any atom is 0.268 e. The standard InChI is InChI=1S/C21H31N5O3/c1-3-26-15-22-11-16(26)12-25-9-6-21(7-10-25)14-20(2,18(27)13-29-21)24-19(28)17-5-4-8-23-17/h4-5,8,11,15,18,23,27H,3,6-7,9-10,12-14H2,1-2H3,(H,24,28)/t18-,20-/m1/s1. The molecule has 0 unspecified atom stereocenters. The molecule has 2 atom stereocenters. The quantitative estimate of drug-likeness (QED) is 0.706. The van der Waals surface area contributed by atoms with Gasteiger partial charge >= 0.3 is 0 Å². The first-order valence-electron chi connectivity index (χ1n) is 10.4. The zero-order chi connectivity index (χ0) is 20.5. The summed E-state index contributed by atoms with van der Waals surface area (Å²) in [6.07, 6.45) is 7.18. The van der Waals surface area contributed by atoms with Crippen molar-refractivity contribution < 1.29 is 14.6 Å². The summed E-state index contributed by atoms with van der Waals surface area (Å²) in [6, 6.07) is 3.53. The van der Waals surface area contributed by atoms with Crippen LogP contribution in [-0.2, 0) is 17.8 Å². The number of imidazole rings is 1. The van der Waals surface area contributed by atoms with Gasteiger partial charge in [0.1, 0.15) is 11.8 Å². The van der Waals surface area contributed by atoms with E-state index in [4.69, 9.17) is 4.74 Å². The number of ether oxygens (including phenoxy) is 1. The lowest BCUT2D eigenvalue weighted by atomic mass is 9.74. The zero-order valence-electron chi connectivity index (χ0n) is 17.2. The molecule has 0 saturated carbocycles. The number of nitrogens with zero attached hydrogens (tertiary/aromatic N) is 3. The minimum Gasteiger partial charge on any atom is -0.388 e. The average molecular weight is 402 g/mol. The van der Waals surface area contributed by atoms with Gasteiger partial charge in [0.2, 0.25) is 0 Å². The zero-order valence-corrected chi connectivity index (χ0v) is 17.2. The minimum absolute atomic E-state index is 0.195. The van der Waals surface area contributed by atoms with Crippen LogP contribution in [0.1, 0.15) is 49.3 Å². The van der Waals surface area contributed by atoms with Crippen LogP contribution >= 0.6 is 0 Å². The van der Waals surface area contributed by atoms with E-state index in [9.17, 15) is 9.90 Å². The molecule has 0 aromatic carbocycles. The van der Waals surface area contributed by atoms with Crippen molar-refractivity contribution in [3.8, 4) is 0 Å². The molecule has 2 aromatic rings. The van der Waals surface area contributed by atoms with Crippen LogP contribution in [0.5, 0.6) is 0 Å². The molecule has 0 radical (unpaired) electrons. The van der Waals surface area contributed by atoms with E-state index in [1.54, 1.807) is 18.3 Å². The number of aromatic amines is 1. The van der Waals surface area contributed by atoms with Crippen molar-refractivity contribution in [1.82, 2.24) is 24.8 Å². The molecule has 1 spiro atoms. The number of amides is 1. The molecule has 2 aliphatic heterocycles. The number of rotatable bonds is 5. The Morgan fingerprint density at radius 1 is 1.45 bits per heavy atom. The second kappa shape index (κ2) is 7.93. The number of piperidine rings is 1. The van der Waals surface area contributed by atoms with Crippen molar-refractivity contribution in [2.45, 2.75) is 63.4 Å². The Hall–Kier alpha value is -2.16. The molecule has 29 heavy (non-hydrogen) atoms. The third-order valence-corrected chi connectivity index (χ3v) is 6.51. The number of hydrogen-bond donors (Lipinski definition) is 3. The van der Waals surface area contributed by atoms with Crippen molar-refractivity contribution in [2.24, 2.45) is 0 Å². The van der Waals surface area contributed by atoms with Gasteiger partial charge in [-0.3, -0.25) is 9.69 Å². The van der Waals surface area contributed by atoms with E-state index in [2.05, 4.69) is 31.7 Å². The third kappa shape index (κ3) is 4.10. The van der Waals surface area contributed by atoms with Crippen LogP contribution in [0, 0.1) is 0 Å². The molecule has 8 nitrogen and oxygen atoms in total. The number of aliphatic hydroxyl groups excluding tert-OH is 1. The van der Waals surface area contributed by atoms with E-state index < -0.39 is 11.6 Å². The lowest BCUT2D eigenvalue weighted by molar-refractivity contribution is -0.177. The van der Waals surface area contributed by atoms with E-state index in [1.807, 2.05) is 19.4 Å². The van der Waals surface area contributed by atoms with Gasteiger partial charge in [-0.2, -0.15) is 0 Å². The van der Waals surface area contributed by atoms with Gasteiger partial charge in [-0.1, -0.05) is 0 Å². The van der Waals surface area contributed by atoms with Crippen LogP contribution < -0.4 is 5.32 Å². The summed E-state index contributed by atoms with van der Waals surface area (Å²) in [5, 5.41) is 13.7. The molecule has 2 aliphatic rings. The summed E-state index contributed by atoms with van der Waals surface area (Å²) in [4.78, 5) is 22.2. The lowest BCUT2D eigenvalue weighted by Crippen LogP contribution is -2.65. The van der Waals surface area contributed by atoms with Gasteiger partial charge in [0.15, 0.2) is 0 Å². The highest BCUT2D eigenvalue weighted by molar-refractivity contribution is 5.92. The fourth-order valence-electron chi connectivity index (χ4n) is 4.64. The lowest BCUT2D eigenvalue weighted by Gasteiger charge is -2.52. The number of aliphatic hydroxyl groups is 1. The number of aryl methyl sites for hydroxylation is 1. The van der Waals surface area contributed by atoms with Crippen molar-refractivity contribution in [3.05, 3.63) is 42.2 Å². The Morgan fingerprint density at radius 3 is 2.93 bits per heavy atom. The molecule has 158 valence electrons. The summed E-state index contributed by atoms with van der Waals surface area (Å²) in [5.74, 6) is -0.195. The van der Waals surface area contributed by atoms with Gasteiger partial charge in [-0.25, -0.2) is 4.98 Å². The SMILES string of the molecule is CCn1cncc1CN1CCC2(CC1)C[C@@](C)(NC(=O)c1ccc[nH]1)[C@H](O)CO2. The molecule has 0 bridgehead atoms. The molecule has 3 N–H and O–H groups in total. The van der Waals surface area contributed by atoms with Crippen LogP contribution in [0.3, 0.4) is 0 Å². The Labute approximate surface area is 171 Å². The van der Waals surface area contributed by atoms with E-state index in [0.29, 0.717) is 12.1 Å². The number of nitrogens with one attached hydrogen (secondary N) is 2. The average Bonchev–Trinajstić information content (AvgIpc) is 3.39. The van der Waals surface area contributed by atoms with E-state index >= 15 is 0 Å². The molecular weight excluding hydrogens is 370 g/mol. The molecule has 1 amide bonds. The maximum atomic E-state index is 12.6. The minimum atomic E-state index is -0.732. The smallest absolute Gasteiger partial charge is 0.268 e. The van der Waals surface area contributed by atoms with Crippen molar-refractivity contribution in [1.29, 1.82) is 0 Å². The van der Waals surface area contributed by atoms with E-state index in [0.717, 1.165) is 39.0 Å². The van der Waals surface area contributed by atoms with E-state index in [1.165, 1.54) is 5.69 Å². The van der Waals surface area contributed by atoms with Crippen molar-refractivity contribution in [3.63, 3.8) is 0 Å². The second-order valence-electron chi connectivity index (χ2n) is 8.59. The monoisotopic (exact) mass is 401 g/mol. The molecule has 4 heterocycles. The third-order valence-electron chi connectivity index (χ3n) is 6.51. The number of H-pyrrole nitrogens is 1. The summed E-state index contributed by atoms with van der Waals surface area (Å²) < 4.78 is 8.33. The number of aromatic nitrogens is 3. The highest BCUT2D eigenvalue weighted by atomic mass is 16.5. The Morgan fingerprint density at radius 2 is 2.24 bits per heavy atom. The van der Waals surface area contributed by atoms with Gasteiger partial charge < -0.3 is 24.7 Å². The Bertz CT molecular complexity index is 825. The first kappa shape index (κ1) is 20.1. The predicted octanol–water partition coefficient (Wildman–Crippen LogP) is 1.54. The molecule has 0 aliphatic carbocycles. The van der Waals surface area contributed by atoms with Gasteiger partial charge in [-0.05, 0) is 38.8 Å². The van der Waals surface area contributed by atoms with Gasteiger partial charge in [0.25, 0.3) is 5.91 Å². The number of carbonyl (C=O) groups is 1. The van der Waals surface area contributed by atoms with E-state index in [-0.39, 0.29) is 18.1 Å². The number of carbonyl (C=O) groups excluding carboxylic acids is 1. The molecule has 8 heteroatoms. The van der Waals surface area contributed by atoms with Gasteiger partial charge in [0.05, 0.1) is 29.8 Å². The molecule has 2 saturated heterocycles. The summed E-state index contributed by atoms with van der Waals surface area (Å²) >= 11 is 0. The van der Waals surface area contributed by atoms with Crippen LogP contribution in [0.15, 0.2) is 30.9 Å². The topological polar surface area (TPSA) is 95.4 Å².